The molecule has 4 atom stereocenters. The second-order valence-corrected chi connectivity index (χ2v) is 6.04. The first kappa shape index (κ1) is 14.1. The summed E-state index contributed by atoms with van der Waals surface area (Å²) in [6.45, 7) is 0. The Morgan fingerprint density at radius 3 is 2.67 bits per heavy atom. The van der Waals surface area contributed by atoms with E-state index in [1.165, 1.54) is 10.5 Å². The van der Waals surface area contributed by atoms with E-state index >= 15 is 0 Å². The lowest BCUT2D eigenvalue weighted by Gasteiger charge is -2.40. The normalized spacial score (nSPS) is 32.0. The largest absolute Gasteiger partial charge is 0.480 e. The second kappa shape index (κ2) is 5.48. The number of hydrogen-bond acceptors (Lipinski definition) is 3. The maximum absolute atomic E-state index is 12.5. The molecule has 0 aliphatic carbocycles. The average Bonchev–Trinajstić information content (AvgIpc) is 2.89. The number of benzene rings is 1. The van der Waals surface area contributed by atoms with Gasteiger partial charge in [-0.3, -0.25) is 4.79 Å². The SMILES string of the molecule is N[C@@H]1C(=O)N2C(CC[C@H]2C(=O)O)C[C@H]1Cc1ccccc1. The summed E-state index contributed by atoms with van der Waals surface area (Å²) >= 11 is 0. The highest BCUT2D eigenvalue weighted by Crippen LogP contribution is 2.36. The topological polar surface area (TPSA) is 83.6 Å². The highest BCUT2D eigenvalue weighted by molar-refractivity contribution is 5.88. The van der Waals surface area contributed by atoms with Crippen LogP contribution in [0.2, 0.25) is 0 Å². The van der Waals surface area contributed by atoms with E-state index in [1.807, 2.05) is 30.3 Å². The third kappa shape index (κ3) is 2.53. The smallest absolute Gasteiger partial charge is 0.326 e. The highest BCUT2D eigenvalue weighted by atomic mass is 16.4. The molecule has 112 valence electrons. The number of rotatable bonds is 3. The average molecular weight is 288 g/mol. The van der Waals surface area contributed by atoms with Crippen LogP contribution in [0.1, 0.15) is 24.8 Å². The lowest BCUT2D eigenvalue weighted by atomic mass is 9.82. The summed E-state index contributed by atoms with van der Waals surface area (Å²) in [5.74, 6) is -1.02. The fraction of sp³-hybridized carbons (Fsp3) is 0.500. The Labute approximate surface area is 123 Å². The number of aliphatic carboxylic acids is 1. The number of nitrogens with two attached hydrogens (primary N) is 1. The molecule has 0 bridgehead atoms. The number of fused-ring (bicyclic) bond motifs is 1. The van der Waals surface area contributed by atoms with Crippen molar-refractivity contribution in [3.05, 3.63) is 35.9 Å². The summed E-state index contributed by atoms with van der Waals surface area (Å²) in [5, 5.41) is 9.22. The third-order valence-corrected chi connectivity index (χ3v) is 4.75. The Morgan fingerprint density at radius 1 is 1.29 bits per heavy atom. The van der Waals surface area contributed by atoms with Crippen LogP contribution in [-0.2, 0) is 16.0 Å². The standard InChI is InChI=1S/C16H20N2O3/c17-14-11(8-10-4-2-1-3-5-10)9-12-6-7-13(16(20)21)18(12)15(14)19/h1-5,11-14H,6-9,17H2,(H,20,21)/t11-,12?,13+,14+/m1/s1. The molecular weight excluding hydrogens is 268 g/mol. The Kier molecular flexibility index (Phi) is 3.68. The van der Waals surface area contributed by atoms with Gasteiger partial charge in [0.15, 0.2) is 0 Å². The molecule has 21 heavy (non-hydrogen) atoms. The van der Waals surface area contributed by atoms with Crippen LogP contribution in [0.5, 0.6) is 0 Å². The minimum Gasteiger partial charge on any atom is -0.480 e. The molecule has 3 rings (SSSR count). The molecule has 0 radical (unpaired) electrons. The van der Waals surface area contributed by atoms with E-state index in [2.05, 4.69) is 0 Å². The van der Waals surface area contributed by atoms with E-state index in [0.717, 1.165) is 19.3 Å². The number of amides is 1. The Balaban J connectivity index is 1.76. The first-order chi connectivity index (χ1) is 10.1. The van der Waals surface area contributed by atoms with Gasteiger partial charge in [-0.1, -0.05) is 30.3 Å². The summed E-state index contributed by atoms with van der Waals surface area (Å²) < 4.78 is 0. The van der Waals surface area contributed by atoms with Crippen molar-refractivity contribution in [2.75, 3.05) is 0 Å². The molecule has 5 heteroatoms. The molecule has 1 unspecified atom stereocenters. The number of carboxylic acid groups (broad SMARTS) is 1. The molecule has 5 nitrogen and oxygen atoms in total. The molecule has 1 aromatic carbocycles. The third-order valence-electron chi connectivity index (χ3n) is 4.75. The van der Waals surface area contributed by atoms with Crippen molar-refractivity contribution in [3.8, 4) is 0 Å². The molecule has 0 aromatic heterocycles. The summed E-state index contributed by atoms with van der Waals surface area (Å²) in [5.41, 5.74) is 7.28. The monoisotopic (exact) mass is 288 g/mol. The van der Waals surface area contributed by atoms with E-state index < -0.39 is 18.1 Å². The van der Waals surface area contributed by atoms with Gasteiger partial charge in [-0.25, -0.2) is 4.79 Å². The zero-order chi connectivity index (χ0) is 15.0. The molecule has 0 spiro atoms. The van der Waals surface area contributed by atoms with Crippen molar-refractivity contribution in [2.24, 2.45) is 11.7 Å². The number of carbonyl (C=O) groups excluding carboxylic acids is 1. The van der Waals surface area contributed by atoms with Crippen molar-refractivity contribution in [2.45, 2.75) is 43.8 Å². The van der Waals surface area contributed by atoms with Crippen LogP contribution in [0.3, 0.4) is 0 Å². The maximum Gasteiger partial charge on any atom is 0.326 e. The Morgan fingerprint density at radius 2 is 2.00 bits per heavy atom. The van der Waals surface area contributed by atoms with Gasteiger partial charge in [-0.05, 0) is 37.2 Å². The molecule has 2 aliphatic rings. The van der Waals surface area contributed by atoms with E-state index in [9.17, 15) is 14.7 Å². The van der Waals surface area contributed by atoms with E-state index in [4.69, 9.17) is 5.73 Å². The number of piperidine rings is 1. The van der Waals surface area contributed by atoms with Gasteiger partial charge in [0.25, 0.3) is 0 Å². The molecule has 1 amide bonds. The van der Waals surface area contributed by atoms with Gasteiger partial charge in [0.2, 0.25) is 5.91 Å². The fourth-order valence-electron chi connectivity index (χ4n) is 3.69. The number of carboxylic acids is 1. The summed E-state index contributed by atoms with van der Waals surface area (Å²) in [4.78, 5) is 25.2. The zero-order valence-corrected chi connectivity index (χ0v) is 11.8. The lowest BCUT2D eigenvalue weighted by Crippen LogP contribution is -2.59. The van der Waals surface area contributed by atoms with E-state index in [0.29, 0.717) is 6.42 Å². The summed E-state index contributed by atoms with van der Waals surface area (Å²) in [6, 6.07) is 8.75. The highest BCUT2D eigenvalue weighted by Gasteiger charge is 2.48. The predicted molar refractivity (Wildman–Crippen MR) is 77.5 cm³/mol. The first-order valence-corrected chi connectivity index (χ1v) is 7.42. The minimum atomic E-state index is -0.917. The Hall–Kier alpha value is -1.88. The summed E-state index contributed by atoms with van der Waals surface area (Å²) in [6.07, 6.45) is 2.87. The molecule has 1 aromatic rings. The molecule has 2 fully saturated rings. The molecule has 2 heterocycles. The predicted octanol–water partition coefficient (Wildman–Crippen LogP) is 1.02. The van der Waals surface area contributed by atoms with Crippen molar-refractivity contribution >= 4 is 11.9 Å². The van der Waals surface area contributed by atoms with Crippen LogP contribution in [0, 0.1) is 5.92 Å². The van der Waals surface area contributed by atoms with Crippen LogP contribution < -0.4 is 5.73 Å². The molecule has 3 N–H and O–H groups in total. The van der Waals surface area contributed by atoms with Crippen molar-refractivity contribution in [1.82, 2.24) is 4.90 Å². The van der Waals surface area contributed by atoms with Crippen LogP contribution in [0.15, 0.2) is 30.3 Å². The van der Waals surface area contributed by atoms with Gasteiger partial charge in [-0.15, -0.1) is 0 Å². The zero-order valence-electron chi connectivity index (χ0n) is 11.8. The van der Waals surface area contributed by atoms with Crippen molar-refractivity contribution < 1.29 is 14.7 Å². The first-order valence-electron chi connectivity index (χ1n) is 7.42. The fourth-order valence-corrected chi connectivity index (χ4v) is 3.69. The molecule has 2 aliphatic heterocycles. The minimum absolute atomic E-state index is 0.0344. The summed E-state index contributed by atoms with van der Waals surface area (Å²) in [7, 11) is 0. The van der Waals surface area contributed by atoms with Gasteiger partial charge in [0, 0.05) is 6.04 Å². The molecule has 2 saturated heterocycles. The van der Waals surface area contributed by atoms with Gasteiger partial charge < -0.3 is 15.7 Å². The lowest BCUT2D eigenvalue weighted by molar-refractivity contribution is -0.153. The molecular formula is C16H20N2O3. The van der Waals surface area contributed by atoms with E-state index in [1.54, 1.807) is 0 Å². The van der Waals surface area contributed by atoms with Crippen molar-refractivity contribution in [3.63, 3.8) is 0 Å². The van der Waals surface area contributed by atoms with Crippen LogP contribution in [-0.4, -0.2) is 40.0 Å². The van der Waals surface area contributed by atoms with E-state index in [-0.39, 0.29) is 17.9 Å². The second-order valence-electron chi connectivity index (χ2n) is 6.04. The van der Waals surface area contributed by atoms with Crippen LogP contribution >= 0.6 is 0 Å². The Bertz CT molecular complexity index is 546. The van der Waals surface area contributed by atoms with Crippen LogP contribution in [0.4, 0.5) is 0 Å². The number of nitrogens with zero attached hydrogens (tertiary/aromatic N) is 1. The quantitative estimate of drug-likeness (QED) is 0.870. The molecule has 0 saturated carbocycles. The maximum atomic E-state index is 12.5. The van der Waals surface area contributed by atoms with Gasteiger partial charge in [0.1, 0.15) is 6.04 Å². The van der Waals surface area contributed by atoms with Gasteiger partial charge in [0.05, 0.1) is 6.04 Å². The van der Waals surface area contributed by atoms with Crippen LogP contribution in [0.25, 0.3) is 0 Å². The van der Waals surface area contributed by atoms with Gasteiger partial charge >= 0.3 is 5.97 Å². The van der Waals surface area contributed by atoms with Crippen molar-refractivity contribution in [1.29, 1.82) is 0 Å². The number of hydrogen-bond donors (Lipinski definition) is 2. The number of carbonyl (C=O) groups is 2. The van der Waals surface area contributed by atoms with Gasteiger partial charge in [-0.2, -0.15) is 0 Å².